The predicted molar refractivity (Wildman–Crippen MR) is 71.0 cm³/mol. The molecule has 0 radical (unpaired) electrons. The van der Waals surface area contributed by atoms with Gasteiger partial charge in [-0.1, -0.05) is 36.4 Å². The fourth-order valence-electron chi connectivity index (χ4n) is 1.58. The van der Waals surface area contributed by atoms with E-state index >= 15 is 0 Å². The number of nitrogens with zero attached hydrogens (tertiary/aromatic N) is 4. The van der Waals surface area contributed by atoms with Gasteiger partial charge in [0.1, 0.15) is 0 Å². The van der Waals surface area contributed by atoms with Crippen LogP contribution in [0.2, 0.25) is 0 Å². The van der Waals surface area contributed by atoms with Crippen molar-refractivity contribution in [2.45, 2.75) is 12.8 Å². The highest BCUT2D eigenvalue weighted by Crippen LogP contribution is 2.06. The quantitative estimate of drug-likeness (QED) is 0.736. The van der Waals surface area contributed by atoms with E-state index in [2.05, 4.69) is 15.5 Å². The summed E-state index contributed by atoms with van der Waals surface area (Å²) in [5.41, 5.74) is 1.09. The molecule has 6 heteroatoms. The first-order chi connectivity index (χ1) is 9.33. The van der Waals surface area contributed by atoms with Gasteiger partial charge in [-0.3, -0.25) is 0 Å². The summed E-state index contributed by atoms with van der Waals surface area (Å²) in [5, 5.41) is 11.5. The van der Waals surface area contributed by atoms with E-state index in [-0.39, 0.29) is 6.29 Å². The summed E-state index contributed by atoms with van der Waals surface area (Å²) in [6, 6.07) is 9.96. The molecule has 2 rings (SSSR count). The Balaban J connectivity index is 2.09. The van der Waals surface area contributed by atoms with Crippen LogP contribution < -0.4 is 0 Å². The normalized spacial score (nSPS) is 11.5. The molecule has 0 aliphatic heterocycles. The van der Waals surface area contributed by atoms with E-state index in [9.17, 15) is 0 Å². The van der Waals surface area contributed by atoms with Crippen molar-refractivity contribution < 1.29 is 9.47 Å². The molecule has 0 atom stereocenters. The standard InChI is InChI=1S/C13H16N4O2/c1-18-13(19-2)10-17-12(14-15-16-17)9-8-11-6-4-3-5-7-11/h3-9,13H,10H2,1-2H3. The molecule has 0 amide bonds. The molecular weight excluding hydrogens is 244 g/mol. The van der Waals surface area contributed by atoms with Gasteiger partial charge in [-0.25, -0.2) is 4.68 Å². The molecule has 100 valence electrons. The molecule has 0 unspecified atom stereocenters. The first-order valence-electron chi connectivity index (χ1n) is 5.88. The average molecular weight is 260 g/mol. The number of methoxy groups -OCH3 is 2. The molecule has 1 aromatic heterocycles. The average Bonchev–Trinajstić information content (AvgIpc) is 2.91. The minimum Gasteiger partial charge on any atom is -0.354 e. The second-order valence-electron chi connectivity index (χ2n) is 3.86. The Morgan fingerprint density at radius 2 is 1.89 bits per heavy atom. The maximum Gasteiger partial charge on any atom is 0.176 e. The zero-order valence-corrected chi connectivity index (χ0v) is 10.9. The van der Waals surface area contributed by atoms with Crippen LogP contribution in [0.15, 0.2) is 30.3 Å². The second-order valence-corrected chi connectivity index (χ2v) is 3.86. The summed E-state index contributed by atoms with van der Waals surface area (Å²) < 4.78 is 11.9. The molecule has 0 saturated heterocycles. The van der Waals surface area contributed by atoms with Crippen LogP contribution in [-0.4, -0.2) is 40.7 Å². The number of tetrazole rings is 1. The van der Waals surface area contributed by atoms with Crippen LogP contribution in [0.1, 0.15) is 11.4 Å². The van der Waals surface area contributed by atoms with Gasteiger partial charge < -0.3 is 9.47 Å². The molecule has 0 spiro atoms. The van der Waals surface area contributed by atoms with Crippen LogP contribution in [-0.2, 0) is 16.0 Å². The minimum atomic E-state index is -0.368. The zero-order chi connectivity index (χ0) is 13.5. The smallest absolute Gasteiger partial charge is 0.176 e. The highest BCUT2D eigenvalue weighted by Gasteiger charge is 2.10. The number of ether oxygens (including phenoxy) is 2. The molecule has 0 N–H and O–H groups in total. The molecule has 19 heavy (non-hydrogen) atoms. The van der Waals surface area contributed by atoms with Crippen LogP contribution in [0.4, 0.5) is 0 Å². The molecule has 0 aliphatic rings. The third-order valence-corrected chi connectivity index (χ3v) is 2.63. The molecule has 6 nitrogen and oxygen atoms in total. The maximum atomic E-state index is 5.13. The summed E-state index contributed by atoms with van der Waals surface area (Å²) in [5.74, 6) is 0.656. The monoisotopic (exact) mass is 260 g/mol. The van der Waals surface area contributed by atoms with Crippen molar-refractivity contribution in [3.8, 4) is 0 Å². The van der Waals surface area contributed by atoms with Crippen molar-refractivity contribution in [3.05, 3.63) is 41.7 Å². The van der Waals surface area contributed by atoms with Crippen LogP contribution in [0, 0.1) is 0 Å². The number of hydrogen-bond acceptors (Lipinski definition) is 5. The lowest BCUT2D eigenvalue weighted by atomic mass is 10.2. The molecule has 0 fully saturated rings. The lowest BCUT2D eigenvalue weighted by Gasteiger charge is -2.12. The topological polar surface area (TPSA) is 62.1 Å². The number of hydrogen-bond donors (Lipinski definition) is 0. The summed E-state index contributed by atoms with van der Waals surface area (Å²) in [6.45, 7) is 0.439. The largest absolute Gasteiger partial charge is 0.354 e. The number of aromatic nitrogens is 4. The lowest BCUT2D eigenvalue weighted by molar-refractivity contribution is -0.112. The van der Waals surface area contributed by atoms with Gasteiger partial charge in [-0.2, -0.15) is 0 Å². The Bertz CT molecular complexity index is 520. The van der Waals surface area contributed by atoms with Crippen molar-refractivity contribution in [2.75, 3.05) is 14.2 Å². The van der Waals surface area contributed by atoms with Crippen molar-refractivity contribution in [3.63, 3.8) is 0 Å². The highest BCUT2D eigenvalue weighted by atomic mass is 16.7. The van der Waals surface area contributed by atoms with Crippen molar-refractivity contribution in [2.24, 2.45) is 0 Å². The Morgan fingerprint density at radius 1 is 1.16 bits per heavy atom. The Morgan fingerprint density at radius 3 is 2.58 bits per heavy atom. The number of benzene rings is 1. The lowest BCUT2D eigenvalue weighted by Crippen LogP contribution is -2.22. The number of rotatable bonds is 6. The van der Waals surface area contributed by atoms with E-state index in [0.29, 0.717) is 12.4 Å². The molecular formula is C13H16N4O2. The van der Waals surface area contributed by atoms with E-state index in [4.69, 9.17) is 9.47 Å². The summed E-state index contributed by atoms with van der Waals surface area (Å²) in [4.78, 5) is 0. The van der Waals surface area contributed by atoms with Gasteiger partial charge in [0.2, 0.25) is 0 Å². The van der Waals surface area contributed by atoms with Crippen molar-refractivity contribution in [1.82, 2.24) is 20.2 Å². The Labute approximate surface area is 111 Å². The van der Waals surface area contributed by atoms with Crippen molar-refractivity contribution >= 4 is 12.2 Å². The fourth-order valence-corrected chi connectivity index (χ4v) is 1.58. The van der Waals surface area contributed by atoms with E-state index in [1.807, 2.05) is 42.5 Å². The summed E-state index contributed by atoms with van der Waals surface area (Å²) in [7, 11) is 3.16. The van der Waals surface area contributed by atoms with E-state index in [1.54, 1.807) is 18.9 Å². The van der Waals surface area contributed by atoms with Crippen LogP contribution in [0.5, 0.6) is 0 Å². The molecule has 0 saturated carbocycles. The first-order valence-corrected chi connectivity index (χ1v) is 5.88. The van der Waals surface area contributed by atoms with Gasteiger partial charge in [-0.15, -0.1) is 5.10 Å². The van der Waals surface area contributed by atoms with Crippen molar-refractivity contribution in [1.29, 1.82) is 0 Å². The minimum absolute atomic E-state index is 0.368. The molecule has 0 aliphatic carbocycles. The van der Waals surface area contributed by atoms with E-state index in [1.165, 1.54) is 0 Å². The third-order valence-electron chi connectivity index (χ3n) is 2.63. The summed E-state index contributed by atoms with van der Waals surface area (Å²) in [6.07, 6.45) is 3.45. The van der Waals surface area contributed by atoms with Gasteiger partial charge in [-0.05, 0) is 22.1 Å². The molecule has 0 bridgehead atoms. The first kappa shape index (κ1) is 13.4. The predicted octanol–water partition coefficient (Wildman–Crippen LogP) is 1.46. The van der Waals surface area contributed by atoms with Gasteiger partial charge in [0.25, 0.3) is 0 Å². The Kier molecular flexibility index (Phi) is 4.77. The van der Waals surface area contributed by atoms with Crippen LogP contribution >= 0.6 is 0 Å². The molecule has 1 heterocycles. The van der Waals surface area contributed by atoms with E-state index < -0.39 is 0 Å². The van der Waals surface area contributed by atoms with Gasteiger partial charge >= 0.3 is 0 Å². The zero-order valence-electron chi connectivity index (χ0n) is 10.9. The SMILES string of the molecule is COC(Cn1nnnc1C=Cc1ccccc1)OC. The van der Waals surface area contributed by atoms with Gasteiger partial charge in [0.15, 0.2) is 12.1 Å². The Hall–Kier alpha value is -2.05. The maximum absolute atomic E-state index is 5.13. The van der Waals surface area contributed by atoms with Gasteiger partial charge in [0.05, 0.1) is 6.54 Å². The van der Waals surface area contributed by atoms with Gasteiger partial charge in [0, 0.05) is 14.2 Å². The third kappa shape index (κ3) is 3.70. The fraction of sp³-hybridized carbons (Fsp3) is 0.308. The molecule has 1 aromatic carbocycles. The molecule has 2 aromatic rings. The van der Waals surface area contributed by atoms with Crippen LogP contribution in [0.25, 0.3) is 12.2 Å². The van der Waals surface area contributed by atoms with Crippen LogP contribution in [0.3, 0.4) is 0 Å². The second kappa shape index (κ2) is 6.77. The summed E-state index contributed by atoms with van der Waals surface area (Å²) >= 11 is 0. The van der Waals surface area contributed by atoms with E-state index in [0.717, 1.165) is 5.56 Å². The highest BCUT2D eigenvalue weighted by molar-refractivity contribution is 5.66.